The van der Waals surface area contributed by atoms with Crippen LogP contribution in [0.2, 0.25) is 5.02 Å². The summed E-state index contributed by atoms with van der Waals surface area (Å²) in [5.74, 6) is -0.399. The van der Waals surface area contributed by atoms with Gasteiger partial charge < -0.3 is 5.32 Å². The molecule has 1 amide bonds. The van der Waals surface area contributed by atoms with Gasteiger partial charge in [0.25, 0.3) is 5.91 Å². The highest BCUT2D eigenvalue weighted by Crippen LogP contribution is 2.30. The lowest BCUT2D eigenvalue weighted by atomic mass is 10.3. The van der Waals surface area contributed by atoms with Crippen molar-refractivity contribution >= 4 is 33.0 Å². The van der Waals surface area contributed by atoms with Crippen molar-refractivity contribution in [3.05, 3.63) is 53.3 Å². The van der Waals surface area contributed by atoms with Crippen LogP contribution in [-0.4, -0.2) is 24.6 Å². The van der Waals surface area contributed by atoms with Crippen molar-refractivity contribution in [2.24, 2.45) is 0 Å². The lowest BCUT2D eigenvalue weighted by Crippen LogP contribution is -2.18. The number of halogens is 1. The number of carbonyl (C=O) groups is 1. The van der Waals surface area contributed by atoms with Gasteiger partial charge in [-0.05, 0) is 49.2 Å². The molecule has 24 heavy (non-hydrogen) atoms. The van der Waals surface area contributed by atoms with E-state index in [9.17, 15) is 13.2 Å². The summed E-state index contributed by atoms with van der Waals surface area (Å²) >= 11 is 5.84. The van der Waals surface area contributed by atoms with Gasteiger partial charge >= 0.3 is 0 Å². The molecule has 0 bridgehead atoms. The molecule has 1 saturated carbocycles. The molecular weight excluding hydrogens is 348 g/mol. The number of sulfone groups is 1. The lowest BCUT2D eigenvalue weighted by molar-refractivity contribution is 0.102. The number of nitrogens with zero attached hydrogens (tertiary/aromatic N) is 1. The number of rotatable bonds is 4. The minimum Gasteiger partial charge on any atom is -0.321 e. The number of aromatic nitrogens is 1. The van der Waals surface area contributed by atoms with E-state index in [2.05, 4.69) is 10.3 Å². The monoisotopic (exact) mass is 364 g/mol. The normalized spacial score (nSPS) is 15.4. The van der Waals surface area contributed by atoms with Crippen LogP contribution in [0.25, 0.3) is 0 Å². The van der Waals surface area contributed by atoms with Gasteiger partial charge in [0.05, 0.1) is 10.1 Å². The number of benzene rings is 1. The van der Waals surface area contributed by atoms with E-state index in [0.717, 1.165) is 25.7 Å². The van der Waals surface area contributed by atoms with E-state index in [1.165, 1.54) is 24.4 Å². The van der Waals surface area contributed by atoms with Gasteiger partial charge in [-0.25, -0.2) is 8.42 Å². The van der Waals surface area contributed by atoms with Gasteiger partial charge in [-0.3, -0.25) is 9.78 Å². The van der Waals surface area contributed by atoms with Crippen LogP contribution in [0.5, 0.6) is 0 Å². The summed E-state index contributed by atoms with van der Waals surface area (Å²) in [4.78, 5) is 16.4. The van der Waals surface area contributed by atoms with Crippen LogP contribution < -0.4 is 5.32 Å². The van der Waals surface area contributed by atoms with Crippen LogP contribution in [0, 0.1) is 0 Å². The maximum atomic E-state index is 12.5. The van der Waals surface area contributed by atoms with Crippen LogP contribution in [0.4, 0.5) is 5.69 Å². The Balaban J connectivity index is 1.74. The third kappa shape index (κ3) is 3.60. The van der Waals surface area contributed by atoms with Crippen molar-refractivity contribution in [3.63, 3.8) is 0 Å². The molecule has 5 nitrogen and oxygen atoms in total. The zero-order valence-corrected chi connectivity index (χ0v) is 14.5. The van der Waals surface area contributed by atoms with Gasteiger partial charge in [0.2, 0.25) is 0 Å². The molecule has 1 aromatic heterocycles. The van der Waals surface area contributed by atoms with Crippen molar-refractivity contribution in [1.82, 2.24) is 4.98 Å². The van der Waals surface area contributed by atoms with Gasteiger partial charge in [0, 0.05) is 16.9 Å². The number of amides is 1. The molecule has 0 spiro atoms. The molecule has 1 fully saturated rings. The van der Waals surface area contributed by atoms with Crippen LogP contribution >= 0.6 is 11.6 Å². The highest BCUT2D eigenvalue weighted by molar-refractivity contribution is 7.92. The lowest BCUT2D eigenvalue weighted by Gasteiger charge is -2.12. The maximum Gasteiger partial charge on any atom is 0.274 e. The van der Waals surface area contributed by atoms with Crippen LogP contribution in [0.1, 0.15) is 36.2 Å². The number of carbonyl (C=O) groups excluding carboxylic acids is 1. The van der Waals surface area contributed by atoms with Crippen molar-refractivity contribution in [2.45, 2.75) is 35.8 Å². The van der Waals surface area contributed by atoms with Gasteiger partial charge in [0.15, 0.2) is 9.84 Å². The Morgan fingerprint density at radius 2 is 1.79 bits per heavy atom. The molecule has 0 unspecified atom stereocenters. The Bertz CT molecular complexity index is 844. The topological polar surface area (TPSA) is 76.1 Å². The standard InChI is InChI=1S/C17H17ClN2O3S/c18-12-9-10-19-16(11-12)17(21)20-13-5-7-15(8-6-13)24(22,23)14-3-1-2-4-14/h5-11,14H,1-4H2,(H,20,21). The molecule has 0 atom stereocenters. The van der Waals surface area contributed by atoms with Crippen LogP contribution in [0.3, 0.4) is 0 Å². The molecule has 0 aliphatic heterocycles. The summed E-state index contributed by atoms with van der Waals surface area (Å²) in [5.41, 5.74) is 0.706. The number of anilines is 1. The minimum absolute atomic E-state index is 0.199. The van der Waals surface area contributed by atoms with Crippen molar-refractivity contribution in [2.75, 3.05) is 5.32 Å². The Kier molecular flexibility index (Phi) is 4.87. The molecule has 3 rings (SSSR count). The molecular formula is C17H17ClN2O3S. The van der Waals surface area contributed by atoms with E-state index in [1.807, 2.05) is 0 Å². The molecule has 1 heterocycles. The second-order valence-corrected chi connectivity index (χ2v) is 8.45. The van der Waals surface area contributed by atoms with E-state index in [-0.39, 0.29) is 10.9 Å². The fourth-order valence-corrected chi connectivity index (χ4v) is 4.86. The Hall–Kier alpha value is -1.92. The first-order valence-electron chi connectivity index (χ1n) is 7.74. The van der Waals surface area contributed by atoms with E-state index in [1.54, 1.807) is 18.2 Å². The van der Waals surface area contributed by atoms with Crippen LogP contribution in [-0.2, 0) is 9.84 Å². The second-order valence-electron chi connectivity index (χ2n) is 5.79. The summed E-state index contributed by atoms with van der Waals surface area (Å²) in [6.07, 6.45) is 4.83. The zero-order valence-electron chi connectivity index (χ0n) is 12.9. The molecule has 0 saturated heterocycles. The second kappa shape index (κ2) is 6.91. The van der Waals surface area contributed by atoms with Gasteiger partial charge in [-0.2, -0.15) is 0 Å². The largest absolute Gasteiger partial charge is 0.321 e. The highest BCUT2D eigenvalue weighted by atomic mass is 35.5. The third-order valence-corrected chi connectivity index (χ3v) is 6.65. The Morgan fingerprint density at radius 1 is 1.12 bits per heavy atom. The predicted molar refractivity (Wildman–Crippen MR) is 93.1 cm³/mol. The quantitative estimate of drug-likeness (QED) is 0.897. The van der Waals surface area contributed by atoms with E-state index >= 15 is 0 Å². The first kappa shape index (κ1) is 16.9. The first-order chi connectivity index (χ1) is 11.5. The van der Waals surface area contributed by atoms with Gasteiger partial charge in [0.1, 0.15) is 5.69 Å². The molecule has 1 aliphatic rings. The smallest absolute Gasteiger partial charge is 0.274 e. The molecule has 1 N–H and O–H groups in total. The predicted octanol–water partition coefficient (Wildman–Crippen LogP) is 3.70. The van der Waals surface area contributed by atoms with Crippen molar-refractivity contribution < 1.29 is 13.2 Å². The molecule has 1 aliphatic carbocycles. The summed E-state index contributed by atoms with van der Waals surface area (Å²) in [6, 6.07) is 9.30. The van der Waals surface area contributed by atoms with Crippen LogP contribution in [0.15, 0.2) is 47.5 Å². The molecule has 1 aromatic carbocycles. The SMILES string of the molecule is O=C(Nc1ccc(S(=O)(=O)C2CCCC2)cc1)c1cc(Cl)ccn1. The number of pyridine rings is 1. The van der Waals surface area contributed by atoms with E-state index in [0.29, 0.717) is 15.6 Å². The highest BCUT2D eigenvalue weighted by Gasteiger charge is 2.30. The summed E-state index contributed by atoms with van der Waals surface area (Å²) < 4.78 is 25.0. The molecule has 7 heteroatoms. The minimum atomic E-state index is -3.28. The molecule has 0 radical (unpaired) electrons. The van der Waals surface area contributed by atoms with Crippen molar-refractivity contribution in [1.29, 1.82) is 0 Å². The fraction of sp³-hybridized carbons (Fsp3) is 0.294. The average molecular weight is 365 g/mol. The summed E-state index contributed by atoms with van der Waals surface area (Å²) in [6.45, 7) is 0. The average Bonchev–Trinajstić information content (AvgIpc) is 3.10. The fourth-order valence-electron chi connectivity index (χ4n) is 2.84. The first-order valence-corrected chi connectivity index (χ1v) is 9.66. The van der Waals surface area contributed by atoms with Gasteiger partial charge in [-0.15, -0.1) is 0 Å². The number of nitrogens with one attached hydrogen (secondary N) is 1. The Labute approximate surface area is 146 Å². The number of hydrogen-bond donors (Lipinski definition) is 1. The van der Waals surface area contributed by atoms with E-state index in [4.69, 9.17) is 11.6 Å². The summed E-state index contributed by atoms with van der Waals surface area (Å²) in [7, 11) is -3.28. The zero-order chi connectivity index (χ0) is 17.2. The molecule has 2 aromatic rings. The maximum absolute atomic E-state index is 12.5. The molecule has 126 valence electrons. The van der Waals surface area contributed by atoms with Crippen molar-refractivity contribution in [3.8, 4) is 0 Å². The Morgan fingerprint density at radius 3 is 2.42 bits per heavy atom. The summed E-state index contributed by atoms with van der Waals surface area (Å²) in [5, 5.41) is 2.82. The third-order valence-electron chi connectivity index (χ3n) is 4.14. The van der Waals surface area contributed by atoms with Gasteiger partial charge in [-0.1, -0.05) is 24.4 Å². The number of hydrogen-bond acceptors (Lipinski definition) is 4. The van der Waals surface area contributed by atoms with E-state index < -0.39 is 15.7 Å².